The molecule has 0 N–H and O–H groups in total. The molecule has 0 saturated carbocycles. The van der Waals surface area contributed by atoms with Crippen LogP contribution in [0.5, 0.6) is 0 Å². The van der Waals surface area contributed by atoms with Crippen molar-refractivity contribution in [1.82, 2.24) is 9.88 Å². The maximum Gasteiger partial charge on any atom is 0.273 e. The molecule has 22 heavy (non-hydrogen) atoms. The highest BCUT2D eigenvalue weighted by atomic mass is 32.1. The summed E-state index contributed by atoms with van der Waals surface area (Å²) in [5.41, 5.74) is 1.25. The number of morpholine rings is 1. The summed E-state index contributed by atoms with van der Waals surface area (Å²) >= 11 is 1.39. The summed E-state index contributed by atoms with van der Waals surface area (Å²) in [5, 5.41) is 2.48. The van der Waals surface area contributed by atoms with E-state index in [0.717, 1.165) is 10.6 Å². The number of halogens is 1. The van der Waals surface area contributed by atoms with Crippen LogP contribution in [0.4, 0.5) is 4.39 Å². The number of carbonyl (C=O) groups excluding carboxylic acids is 1. The number of amides is 1. The van der Waals surface area contributed by atoms with Gasteiger partial charge in [-0.05, 0) is 38.1 Å². The number of carbonyl (C=O) groups is 1. The number of aromatic nitrogens is 1. The minimum absolute atomic E-state index is 0.0374. The van der Waals surface area contributed by atoms with E-state index in [9.17, 15) is 9.18 Å². The van der Waals surface area contributed by atoms with E-state index in [1.54, 1.807) is 22.4 Å². The van der Waals surface area contributed by atoms with Gasteiger partial charge in [0.25, 0.3) is 5.91 Å². The van der Waals surface area contributed by atoms with Crippen molar-refractivity contribution >= 4 is 17.2 Å². The molecule has 1 aliphatic rings. The van der Waals surface area contributed by atoms with Gasteiger partial charge in [0.2, 0.25) is 0 Å². The number of ether oxygens (including phenoxy) is 1. The molecule has 1 aliphatic heterocycles. The van der Waals surface area contributed by atoms with Gasteiger partial charge in [-0.25, -0.2) is 9.37 Å². The van der Waals surface area contributed by atoms with Gasteiger partial charge >= 0.3 is 0 Å². The van der Waals surface area contributed by atoms with Crippen molar-refractivity contribution in [2.45, 2.75) is 26.0 Å². The van der Waals surface area contributed by atoms with E-state index in [2.05, 4.69) is 4.98 Å². The zero-order valence-electron chi connectivity index (χ0n) is 12.5. The smallest absolute Gasteiger partial charge is 0.273 e. The quantitative estimate of drug-likeness (QED) is 0.853. The van der Waals surface area contributed by atoms with E-state index in [1.165, 1.54) is 23.5 Å². The molecule has 0 aliphatic carbocycles. The van der Waals surface area contributed by atoms with Crippen LogP contribution in [-0.4, -0.2) is 41.1 Å². The van der Waals surface area contributed by atoms with Gasteiger partial charge in [-0.3, -0.25) is 4.79 Å². The van der Waals surface area contributed by atoms with Gasteiger partial charge in [-0.15, -0.1) is 11.3 Å². The maximum absolute atomic E-state index is 13.0. The summed E-state index contributed by atoms with van der Waals surface area (Å²) < 4.78 is 18.5. The third-order valence-electron chi connectivity index (χ3n) is 3.68. The van der Waals surface area contributed by atoms with Crippen molar-refractivity contribution in [3.8, 4) is 10.6 Å². The van der Waals surface area contributed by atoms with E-state index >= 15 is 0 Å². The standard InChI is InChI=1S/C16H17FN2O2S/c1-10-8-21-11(2)7-19(10)16(20)14-9-22-15(18-14)12-3-5-13(17)6-4-12/h3-6,9-11H,7-8H2,1-2H3/t10-,11+/m0/s1. The van der Waals surface area contributed by atoms with Crippen molar-refractivity contribution in [3.05, 3.63) is 41.2 Å². The molecule has 116 valence electrons. The fourth-order valence-electron chi connectivity index (χ4n) is 2.43. The Hall–Kier alpha value is -1.79. The molecule has 1 fully saturated rings. The van der Waals surface area contributed by atoms with Crippen LogP contribution in [0.3, 0.4) is 0 Å². The first-order valence-corrected chi connectivity index (χ1v) is 8.06. The molecule has 3 rings (SSSR count). The Morgan fingerprint density at radius 1 is 1.36 bits per heavy atom. The highest BCUT2D eigenvalue weighted by molar-refractivity contribution is 7.13. The van der Waals surface area contributed by atoms with Crippen molar-refractivity contribution < 1.29 is 13.9 Å². The van der Waals surface area contributed by atoms with E-state index in [0.29, 0.717) is 18.8 Å². The minimum Gasteiger partial charge on any atom is -0.375 e. The second kappa shape index (κ2) is 6.14. The molecule has 1 amide bonds. The second-order valence-electron chi connectivity index (χ2n) is 5.50. The zero-order chi connectivity index (χ0) is 15.7. The lowest BCUT2D eigenvalue weighted by Gasteiger charge is -2.36. The van der Waals surface area contributed by atoms with Gasteiger partial charge in [0.15, 0.2) is 0 Å². The zero-order valence-corrected chi connectivity index (χ0v) is 13.3. The summed E-state index contributed by atoms with van der Waals surface area (Å²) in [6.45, 7) is 5.04. The molecule has 0 spiro atoms. The number of nitrogens with zero attached hydrogens (tertiary/aromatic N) is 2. The van der Waals surface area contributed by atoms with Crippen LogP contribution >= 0.6 is 11.3 Å². The van der Waals surface area contributed by atoms with Crippen molar-refractivity contribution in [2.24, 2.45) is 0 Å². The largest absolute Gasteiger partial charge is 0.375 e. The summed E-state index contributed by atoms with van der Waals surface area (Å²) in [7, 11) is 0. The van der Waals surface area contributed by atoms with Gasteiger partial charge in [-0.2, -0.15) is 0 Å². The first kappa shape index (κ1) is 15.1. The SMILES string of the molecule is C[C@@H]1CN(C(=O)c2csc(-c3ccc(F)cc3)n2)[C@@H](C)CO1. The summed E-state index contributed by atoms with van der Waals surface area (Å²) in [5.74, 6) is -0.361. The van der Waals surface area contributed by atoms with Gasteiger partial charge in [0, 0.05) is 17.5 Å². The predicted molar refractivity (Wildman–Crippen MR) is 83.4 cm³/mol. The van der Waals surface area contributed by atoms with Gasteiger partial charge in [-0.1, -0.05) is 0 Å². The van der Waals surface area contributed by atoms with Gasteiger partial charge in [0.05, 0.1) is 18.8 Å². The van der Waals surface area contributed by atoms with Crippen LogP contribution < -0.4 is 0 Å². The molecular weight excluding hydrogens is 303 g/mol. The normalized spacial score (nSPS) is 21.9. The predicted octanol–water partition coefficient (Wildman–Crippen LogP) is 3.20. The van der Waals surface area contributed by atoms with E-state index in [4.69, 9.17) is 4.74 Å². The van der Waals surface area contributed by atoms with Crippen LogP contribution in [0.2, 0.25) is 0 Å². The monoisotopic (exact) mass is 320 g/mol. The van der Waals surface area contributed by atoms with Crippen LogP contribution in [0.15, 0.2) is 29.6 Å². The first-order chi connectivity index (χ1) is 10.5. The van der Waals surface area contributed by atoms with Gasteiger partial charge < -0.3 is 9.64 Å². The number of thiazole rings is 1. The molecule has 1 saturated heterocycles. The number of hydrogen-bond donors (Lipinski definition) is 0. The molecule has 0 unspecified atom stereocenters. The average molecular weight is 320 g/mol. The third kappa shape index (κ3) is 3.03. The van der Waals surface area contributed by atoms with E-state index in [-0.39, 0.29) is 23.9 Å². The van der Waals surface area contributed by atoms with Crippen molar-refractivity contribution in [1.29, 1.82) is 0 Å². The summed E-state index contributed by atoms with van der Waals surface area (Å²) in [4.78, 5) is 18.8. The lowest BCUT2D eigenvalue weighted by atomic mass is 10.2. The number of benzene rings is 1. The first-order valence-electron chi connectivity index (χ1n) is 7.18. The van der Waals surface area contributed by atoms with Crippen molar-refractivity contribution in [2.75, 3.05) is 13.2 Å². The lowest BCUT2D eigenvalue weighted by molar-refractivity contribution is -0.0388. The number of hydrogen-bond acceptors (Lipinski definition) is 4. The third-order valence-corrected chi connectivity index (χ3v) is 4.57. The van der Waals surface area contributed by atoms with Crippen molar-refractivity contribution in [3.63, 3.8) is 0 Å². The maximum atomic E-state index is 13.0. The Morgan fingerprint density at radius 2 is 2.09 bits per heavy atom. The Labute approximate surface area is 132 Å². The molecule has 2 heterocycles. The molecule has 2 atom stereocenters. The topological polar surface area (TPSA) is 42.4 Å². The number of rotatable bonds is 2. The highest BCUT2D eigenvalue weighted by Crippen LogP contribution is 2.25. The summed E-state index contributed by atoms with van der Waals surface area (Å²) in [6.07, 6.45) is 0.0374. The molecule has 1 aromatic carbocycles. The Morgan fingerprint density at radius 3 is 2.82 bits per heavy atom. The van der Waals surface area contributed by atoms with Crippen LogP contribution in [0, 0.1) is 5.82 Å². The Kier molecular flexibility index (Phi) is 4.22. The van der Waals surface area contributed by atoms with Crippen LogP contribution in [0.25, 0.3) is 10.6 Å². The van der Waals surface area contributed by atoms with Crippen LogP contribution in [0.1, 0.15) is 24.3 Å². The average Bonchev–Trinajstić information content (AvgIpc) is 2.99. The van der Waals surface area contributed by atoms with E-state index in [1.807, 2.05) is 13.8 Å². The Balaban J connectivity index is 1.81. The highest BCUT2D eigenvalue weighted by Gasteiger charge is 2.29. The van der Waals surface area contributed by atoms with Crippen LogP contribution in [-0.2, 0) is 4.74 Å². The van der Waals surface area contributed by atoms with E-state index < -0.39 is 0 Å². The molecular formula is C16H17FN2O2S. The Bertz CT molecular complexity index is 671. The molecule has 4 nitrogen and oxygen atoms in total. The molecule has 6 heteroatoms. The fourth-order valence-corrected chi connectivity index (χ4v) is 3.23. The fraction of sp³-hybridized carbons (Fsp3) is 0.375. The molecule has 1 aromatic heterocycles. The second-order valence-corrected chi connectivity index (χ2v) is 6.35. The minimum atomic E-state index is -0.285. The summed E-state index contributed by atoms with van der Waals surface area (Å²) in [6, 6.07) is 6.16. The van der Waals surface area contributed by atoms with Gasteiger partial charge in [0.1, 0.15) is 16.5 Å². The molecule has 2 aromatic rings. The molecule has 0 bridgehead atoms. The molecule has 0 radical (unpaired) electrons. The lowest BCUT2D eigenvalue weighted by Crippen LogP contribution is -2.50.